The van der Waals surface area contributed by atoms with Crippen LogP contribution in [0, 0.1) is 11.3 Å². The summed E-state index contributed by atoms with van der Waals surface area (Å²) in [5.74, 6) is -0.160. The van der Waals surface area contributed by atoms with Gasteiger partial charge in [-0.25, -0.2) is 0 Å². The third-order valence-corrected chi connectivity index (χ3v) is 5.60. The number of thioether (sulfide) groups is 1. The second-order valence-electron chi connectivity index (χ2n) is 5.81. The molecule has 1 fully saturated rings. The van der Waals surface area contributed by atoms with Gasteiger partial charge in [0.1, 0.15) is 0 Å². The van der Waals surface area contributed by atoms with Gasteiger partial charge in [0.15, 0.2) is 11.5 Å². The number of halogens is 1. The van der Waals surface area contributed by atoms with E-state index in [4.69, 9.17) is 4.74 Å². The molecule has 8 heteroatoms. The number of phenolic OH excluding ortho intramolecular Hbond substituents is 1. The molecule has 1 N–H and O–H groups in total. The summed E-state index contributed by atoms with van der Waals surface area (Å²) in [4.78, 5) is 26.5. The molecule has 0 aliphatic carbocycles. The van der Waals surface area contributed by atoms with Gasteiger partial charge >= 0.3 is 0 Å². The Balaban J connectivity index is 1.89. The predicted octanol–water partition coefficient (Wildman–Crippen LogP) is 4.66. The van der Waals surface area contributed by atoms with Crippen molar-refractivity contribution in [1.82, 2.24) is 4.90 Å². The summed E-state index contributed by atoms with van der Waals surface area (Å²) in [5, 5.41) is 18.7. The molecule has 2 amide bonds. The molecule has 6 nitrogen and oxygen atoms in total. The number of nitrogens with zero attached hydrogens (tertiary/aromatic N) is 2. The summed E-state index contributed by atoms with van der Waals surface area (Å²) in [6, 6.07) is 12.0. The van der Waals surface area contributed by atoms with Gasteiger partial charge in [-0.15, -0.1) is 0 Å². The molecule has 0 saturated carbocycles. The van der Waals surface area contributed by atoms with Crippen LogP contribution in [0.4, 0.5) is 4.79 Å². The van der Waals surface area contributed by atoms with Crippen LogP contribution in [0.25, 0.3) is 6.08 Å². The fraction of sp³-hybridized carbons (Fsp3) is 0.150. The van der Waals surface area contributed by atoms with Gasteiger partial charge in [-0.3, -0.25) is 14.5 Å². The molecule has 0 radical (unpaired) electrons. The molecular weight excluding hydrogens is 444 g/mol. The van der Waals surface area contributed by atoms with E-state index in [1.54, 1.807) is 43.3 Å². The lowest BCUT2D eigenvalue weighted by Gasteiger charge is -2.13. The first-order valence-electron chi connectivity index (χ1n) is 8.33. The Morgan fingerprint density at radius 1 is 1.32 bits per heavy atom. The van der Waals surface area contributed by atoms with Crippen LogP contribution >= 0.6 is 27.7 Å². The quantitative estimate of drug-likeness (QED) is 0.654. The number of carbonyl (C=O) groups excluding carboxylic acids is 2. The Bertz CT molecular complexity index is 1030. The maximum atomic E-state index is 12.8. The summed E-state index contributed by atoms with van der Waals surface area (Å²) < 4.78 is 5.94. The van der Waals surface area contributed by atoms with Gasteiger partial charge in [-0.1, -0.05) is 34.1 Å². The number of benzene rings is 2. The Hall–Kier alpha value is -2.76. The van der Waals surface area contributed by atoms with E-state index >= 15 is 0 Å². The Kier molecular flexibility index (Phi) is 6.07. The molecule has 2 aromatic carbocycles. The number of hydrogen-bond acceptors (Lipinski definition) is 6. The van der Waals surface area contributed by atoms with Crippen molar-refractivity contribution in [1.29, 1.82) is 5.26 Å². The summed E-state index contributed by atoms with van der Waals surface area (Å²) in [7, 11) is 0. The first-order chi connectivity index (χ1) is 13.4. The largest absolute Gasteiger partial charge is 0.504 e. The number of imide groups is 1. The highest BCUT2D eigenvalue weighted by molar-refractivity contribution is 9.10. The fourth-order valence-electron chi connectivity index (χ4n) is 2.66. The molecule has 3 rings (SSSR count). The second-order valence-corrected chi connectivity index (χ2v) is 7.66. The van der Waals surface area contributed by atoms with Crippen molar-refractivity contribution in [3.8, 4) is 17.6 Å². The minimum atomic E-state index is -0.430. The number of aromatic hydroxyl groups is 1. The van der Waals surface area contributed by atoms with Crippen LogP contribution in [0.2, 0.25) is 0 Å². The minimum absolute atomic E-state index is 0.0212. The first-order valence-corrected chi connectivity index (χ1v) is 9.94. The van der Waals surface area contributed by atoms with Gasteiger partial charge in [0, 0.05) is 4.47 Å². The SMILES string of the molecule is CCOc1cc(/C=C2\SC(=O)N(Cc3ccccc3C#N)C2=O)c(Br)cc1O. The number of nitriles is 1. The molecule has 0 unspecified atom stereocenters. The summed E-state index contributed by atoms with van der Waals surface area (Å²) in [6.07, 6.45) is 1.58. The Morgan fingerprint density at radius 2 is 2.07 bits per heavy atom. The molecule has 1 saturated heterocycles. The molecule has 1 heterocycles. The van der Waals surface area contributed by atoms with E-state index < -0.39 is 11.1 Å². The third-order valence-electron chi connectivity index (χ3n) is 4.00. The summed E-state index contributed by atoms with van der Waals surface area (Å²) >= 11 is 4.18. The highest BCUT2D eigenvalue weighted by Gasteiger charge is 2.35. The number of ether oxygens (including phenoxy) is 1. The van der Waals surface area contributed by atoms with Gasteiger partial charge in [0.2, 0.25) is 0 Å². The standard InChI is InChI=1S/C20H15BrN2O4S/c1-2-27-17-7-14(15(21)9-16(17)24)8-18-19(25)23(20(26)28-18)11-13-6-4-3-5-12(13)10-22/h3-9,24H,2,11H2,1H3/b18-8-. The molecule has 0 bridgehead atoms. The third kappa shape index (κ3) is 4.06. The highest BCUT2D eigenvalue weighted by Crippen LogP contribution is 2.38. The zero-order valence-electron chi connectivity index (χ0n) is 14.8. The maximum absolute atomic E-state index is 12.8. The monoisotopic (exact) mass is 458 g/mol. The lowest BCUT2D eigenvalue weighted by molar-refractivity contribution is -0.123. The van der Waals surface area contributed by atoms with Crippen molar-refractivity contribution in [2.24, 2.45) is 0 Å². The van der Waals surface area contributed by atoms with Crippen LogP contribution < -0.4 is 4.74 Å². The molecule has 0 spiro atoms. The number of amides is 2. The van der Waals surface area contributed by atoms with E-state index in [0.717, 1.165) is 16.7 Å². The van der Waals surface area contributed by atoms with Crippen molar-refractivity contribution >= 4 is 44.9 Å². The maximum Gasteiger partial charge on any atom is 0.293 e. The van der Waals surface area contributed by atoms with Crippen LogP contribution in [0.5, 0.6) is 11.5 Å². The van der Waals surface area contributed by atoms with Gasteiger partial charge in [-0.2, -0.15) is 5.26 Å². The predicted molar refractivity (Wildman–Crippen MR) is 110 cm³/mol. The molecule has 1 aliphatic heterocycles. The van der Waals surface area contributed by atoms with Crippen molar-refractivity contribution in [3.05, 3.63) is 62.5 Å². The van der Waals surface area contributed by atoms with Gasteiger partial charge in [0.25, 0.3) is 11.1 Å². The zero-order chi connectivity index (χ0) is 20.3. The first kappa shape index (κ1) is 20.0. The van der Waals surface area contributed by atoms with Crippen LogP contribution in [0.15, 0.2) is 45.8 Å². The Labute approximate surface area is 174 Å². The average Bonchev–Trinajstić information content (AvgIpc) is 2.93. The van der Waals surface area contributed by atoms with E-state index in [-0.39, 0.29) is 17.2 Å². The van der Waals surface area contributed by atoms with Gasteiger partial charge < -0.3 is 9.84 Å². The van der Waals surface area contributed by atoms with Crippen LogP contribution in [0.3, 0.4) is 0 Å². The van der Waals surface area contributed by atoms with E-state index in [0.29, 0.717) is 33.5 Å². The van der Waals surface area contributed by atoms with E-state index in [2.05, 4.69) is 22.0 Å². The van der Waals surface area contributed by atoms with E-state index in [1.165, 1.54) is 6.07 Å². The molecule has 1 aliphatic rings. The second kappa shape index (κ2) is 8.50. The molecule has 28 heavy (non-hydrogen) atoms. The van der Waals surface area contributed by atoms with Crippen LogP contribution in [0.1, 0.15) is 23.6 Å². The smallest absolute Gasteiger partial charge is 0.293 e. The van der Waals surface area contributed by atoms with Crippen LogP contribution in [-0.2, 0) is 11.3 Å². The topological polar surface area (TPSA) is 90.6 Å². The van der Waals surface area contributed by atoms with Gasteiger partial charge in [0.05, 0.1) is 29.7 Å². The van der Waals surface area contributed by atoms with Crippen molar-refractivity contribution in [2.45, 2.75) is 13.5 Å². The summed E-state index contributed by atoms with van der Waals surface area (Å²) in [6.45, 7) is 2.21. The number of carbonyl (C=O) groups is 2. The zero-order valence-corrected chi connectivity index (χ0v) is 17.2. The number of rotatable bonds is 5. The molecule has 142 valence electrons. The molecular formula is C20H15BrN2O4S. The summed E-state index contributed by atoms with van der Waals surface area (Å²) in [5.41, 5.74) is 1.63. The lowest BCUT2D eigenvalue weighted by atomic mass is 10.1. The minimum Gasteiger partial charge on any atom is -0.504 e. The van der Waals surface area contributed by atoms with Crippen molar-refractivity contribution < 1.29 is 19.4 Å². The molecule has 2 aromatic rings. The number of hydrogen-bond donors (Lipinski definition) is 1. The fourth-order valence-corrected chi connectivity index (χ4v) is 3.93. The van der Waals surface area contributed by atoms with E-state index in [1.807, 2.05) is 0 Å². The van der Waals surface area contributed by atoms with Crippen molar-refractivity contribution in [2.75, 3.05) is 6.61 Å². The van der Waals surface area contributed by atoms with Crippen molar-refractivity contribution in [3.63, 3.8) is 0 Å². The average molecular weight is 459 g/mol. The van der Waals surface area contributed by atoms with Crippen LogP contribution in [-0.4, -0.2) is 27.8 Å². The molecule has 0 aromatic heterocycles. The highest BCUT2D eigenvalue weighted by atomic mass is 79.9. The van der Waals surface area contributed by atoms with E-state index in [9.17, 15) is 20.0 Å². The lowest BCUT2D eigenvalue weighted by Crippen LogP contribution is -2.27. The normalized spacial score (nSPS) is 15.2. The number of phenols is 1. The molecule has 0 atom stereocenters. The Morgan fingerprint density at radius 3 is 2.79 bits per heavy atom. The van der Waals surface area contributed by atoms with Gasteiger partial charge in [-0.05, 0) is 54.1 Å².